The Labute approximate surface area is 115 Å². The molecule has 0 bridgehead atoms. The van der Waals surface area contributed by atoms with Crippen LogP contribution in [-0.4, -0.2) is 43.6 Å². The number of hydrogen-bond acceptors (Lipinski definition) is 3. The Morgan fingerprint density at radius 3 is 2.74 bits per heavy atom. The van der Waals surface area contributed by atoms with Gasteiger partial charge in [-0.25, -0.2) is 4.79 Å². The minimum Gasteiger partial charge on any atom is -0.453 e. The average Bonchev–Trinajstić information content (AvgIpc) is 2.43. The molecule has 5 nitrogen and oxygen atoms in total. The van der Waals surface area contributed by atoms with Crippen LogP contribution in [0.25, 0.3) is 0 Å². The number of methoxy groups -OCH3 is 1. The summed E-state index contributed by atoms with van der Waals surface area (Å²) in [5.41, 5.74) is 1.46. The lowest BCUT2D eigenvalue weighted by Crippen LogP contribution is -2.38. The summed E-state index contributed by atoms with van der Waals surface area (Å²) in [4.78, 5) is 24.2. The molecule has 1 rings (SSSR count). The summed E-state index contributed by atoms with van der Waals surface area (Å²) in [6, 6.07) is 0. The van der Waals surface area contributed by atoms with E-state index in [4.69, 9.17) is 0 Å². The van der Waals surface area contributed by atoms with Gasteiger partial charge in [0.25, 0.3) is 0 Å². The summed E-state index contributed by atoms with van der Waals surface area (Å²) in [5.74, 6) is 0.0445. The van der Waals surface area contributed by atoms with Crippen LogP contribution in [0.1, 0.15) is 39.0 Å². The summed E-state index contributed by atoms with van der Waals surface area (Å²) in [6.07, 6.45) is 7.65. The van der Waals surface area contributed by atoms with Crippen LogP contribution < -0.4 is 5.32 Å². The smallest absolute Gasteiger partial charge is 0.406 e. The van der Waals surface area contributed by atoms with Crippen LogP contribution in [0.15, 0.2) is 11.6 Å². The fourth-order valence-electron chi connectivity index (χ4n) is 2.20. The number of hydrogen-bond donors (Lipinski definition) is 1. The monoisotopic (exact) mass is 268 g/mol. The van der Waals surface area contributed by atoms with Crippen molar-refractivity contribution >= 4 is 12.0 Å². The van der Waals surface area contributed by atoms with Gasteiger partial charge in [-0.3, -0.25) is 4.79 Å². The van der Waals surface area contributed by atoms with E-state index in [-0.39, 0.29) is 5.91 Å². The SMILES string of the molecule is COC(=O)NCCN(CCC1=CCCCC1)C(C)=O. The van der Waals surface area contributed by atoms with Crippen molar-refractivity contribution in [1.29, 1.82) is 0 Å². The molecular formula is C14H24N2O3. The van der Waals surface area contributed by atoms with Crippen molar-refractivity contribution in [1.82, 2.24) is 10.2 Å². The molecule has 0 saturated carbocycles. The van der Waals surface area contributed by atoms with Gasteiger partial charge in [-0.05, 0) is 32.1 Å². The van der Waals surface area contributed by atoms with E-state index in [1.54, 1.807) is 11.8 Å². The number of nitrogens with zero attached hydrogens (tertiary/aromatic N) is 1. The molecule has 0 spiro atoms. The minimum atomic E-state index is -0.460. The van der Waals surface area contributed by atoms with Gasteiger partial charge in [-0.2, -0.15) is 0 Å². The highest BCUT2D eigenvalue weighted by atomic mass is 16.5. The standard InChI is InChI=1S/C14H24N2O3/c1-12(17)16(11-9-15-14(18)19-2)10-8-13-6-4-3-5-7-13/h6H,3-5,7-11H2,1-2H3,(H,15,18). The Hall–Kier alpha value is -1.52. The zero-order valence-electron chi connectivity index (χ0n) is 11.9. The Balaban J connectivity index is 2.29. The lowest BCUT2D eigenvalue weighted by Gasteiger charge is -2.22. The van der Waals surface area contributed by atoms with Crippen LogP contribution in [-0.2, 0) is 9.53 Å². The van der Waals surface area contributed by atoms with Gasteiger partial charge < -0.3 is 15.0 Å². The fraction of sp³-hybridized carbons (Fsp3) is 0.714. The maximum Gasteiger partial charge on any atom is 0.406 e. The van der Waals surface area contributed by atoms with E-state index < -0.39 is 6.09 Å². The van der Waals surface area contributed by atoms with Gasteiger partial charge >= 0.3 is 6.09 Å². The first kappa shape index (κ1) is 15.5. The second-order valence-electron chi connectivity index (χ2n) is 4.78. The number of amides is 2. The molecule has 0 heterocycles. The van der Waals surface area contributed by atoms with Gasteiger partial charge in [0.05, 0.1) is 7.11 Å². The molecule has 108 valence electrons. The van der Waals surface area contributed by atoms with Crippen LogP contribution in [0.4, 0.5) is 4.79 Å². The molecule has 19 heavy (non-hydrogen) atoms. The van der Waals surface area contributed by atoms with E-state index in [9.17, 15) is 9.59 Å². The number of nitrogens with one attached hydrogen (secondary N) is 1. The highest BCUT2D eigenvalue weighted by Crippen LogP contribution is 2.20. The Morgan fingerprint density at radius 1 is 1.37 bits per heavy atom. The van der Waals surface area contributed by atoms with Crippen molar-refractivity contribution in [3.63, 3.8) is 0 Å². The lowest BCUT2D eigenvalue weighted by molar-refractivity contribution is -0.128. The highest BCUT2D eigenvalue weighted by molar-refractivity contribution is 5.73. The van der Waals surface area contributed by atoms with Crippen LogP contribution in [0.5, 0.6) is 0 Å². The molecule has 0 aliphatic heterocycles. The predicted octanol–water partition coefficient (Wildman–Crippen LogP) is 2.08. The van der Waals surface area contributed by atoms with E-state index in [1.807, 2.05) is 0 Å². The third-order valence-electron chi connectivity index (χ3n) is 3.37. The molecule has 0 fully saturated rings. The first-order chi connectivity index (χ1) is 9.13. The molecule has 0 unspecified atom stereocenters. The molecule has 1 N–H and O–H groups in total. The molecule has 2 amide bonds. The topological polar surface area (TPSA) is 58.6 Å². The van der Waals surface area contributed by atoms with Gasteiger partial charge in [-0.15, -0.1) is 0 Å². The molecule has 5 heteroatoms. The summed E-state index contributed by atoms with van der Waals surface area (Å²) >= 11 is 0. The predicted molar refractivity (Wildman–Crippen MR) is 73.8 cm³/mol. The summed E-state index contributed by atoms with van der Waals surface area (Å²) < 4.78 is 4.49. The molecule has 1 aliphatic carbocycles. The minimum absolute atomic E-state index is 0.0445. The average molecular weight is 268 g/mol. The molecular weight excluding hydrogens is 244 g/mol. The highest BCUT2D eigenvalue weighted by Gasteiger charge is 2.11. The molecule has 0 saturated heterocycles. The van der Waals surface area contributed by atoms with E-state index in [0.29, 0.717) is 13.1 Å². The summed E-state index contributed by atoms with van der Waals surface area (Å²) in [7, 11) is 1.33. The van der Waals surface area contributed by atoms with Gasteiger partial charge in [0.15, 0.2) is 0 Å². The number of carbonyl (C=O) groups excluding carboxylic acids is 2. The molecule has 0 aromatic rings. The van der Waals surface area contributed by atoms with E-state index in [2.05, 4.69) is 16.1 Å². The Bertz CT molecular complexity index is 340. The molecule has 0 aromatic heterocycles. The van der Waals surface area contributed by atoms with Crippen LogP contribution >= 0.6 is 0 Å². The van der Waals surface area contributed by atoms with E-state index in [0.717, 1.165) is 19.4 Å². The summed E-state index contributed by atoms with van der Waals surface area (Å²) in [6.45, 7) is 3.24. The lowest BCUT2D eigenvalue weighted by atomic mass is 9.97. The maximum absolute atomic E-state index is 11.5. The van der Waals surface area contributed by atoms with Crippen molar-refractivity contribution in [3.05, 3.63) is 11.6 Å². The number of alkyl carbamates (subject to hydrolysis) is 1. The normalized spacial score (nSPS) is 14.5. The summed E-state index contributed by atoms with van der Waals surface area (Å²) in [5, 5.41) is 2.59. The molecule has 0 radical (unpaired) electrons. The first-order valence-corrected chi connectivity index (χ1v) is 6.88. The van der Waals surface area contributed by atoms with Crippen molar-refractivity contribution in [2.45, 2.75) is 39.0 Å². The number of rotatable bonds is 6. The molecule has 0 aromatic carbocycles. The second kappa shape index (κ2) is 8.56. The quantitative estimate of drug-likeness (QED) is 0.750. The van der Waals surface area contributed by atoms with Crippen LogP contribution in [0, 0.1) is 0 Å². The third-order valence-corrected chi connectivity index (χ3v) is 3.37. The largest absolute Gasteiger partial charge is 0.453 e. The van der Waals surface area contributed by atoms with Gasteiger partial charge in [0, 0.05) is 26.6 Å². The number of carbonyl (C=O) groups is 2. The van der Waals surface area contributed by atoms with E-state index in [1.165, 1.54) is 31.9 Å². The number of ether oxygens (including phenoxy) is 1. The fourth-order valence-corrected chi connectivity index (χ4v) is 2.20. The third kappa shape index (κ3) is 6.27. The Morgan fingerprint density at radius 2 is 2.16 bits per heavy atom. The van der Waals surface area contributed by atoms with Crippen molar-refractivity contribution in [2.24, 2.45) is 0 Å². The second-order valence-corrected chi connectivity index (χ2v) is 4.78. The van der Waals surface area contributed by atoms with E-state index >= 15 is 0 Å². The maximum atomic E-state index is 11.5. The zero-order valence-corrected chi connectivity index (χ0v) is 11.9. The van der Waals surface area contributed by atoms with Crippen LogP contribution in [0.3, 0.4) is 0 Å². The first-order valence-electron chi connectivity index (χ1n) is 6.88. The van der Waals surface area contributed by atoms with Crippen molar-refractivity contribution in [2.75, 3.05) is 26.7 Å². The number of allylic oxidation sites excluding steroid dienone is 1. The Kier molecular flexibility index (Phi) is 7.00. The zero-order chi connectivity index (χ0) is 14.1. The van der Waals surface area contributed by atoms with Crippen molar-refractivity contribution < 1.29 is 14.3 Å². The van der Waals surface area contributed by atoms with Crippen LogP contribution in [0.2, 0.25) is 0 Å². The molecule has 0 atom stereocenters. The molecule has 1 aliphatic rings. The van der Waals surface area contributed by atoms with Gasteiger partial charge in [0.2, 0.25) is 5.91 Å². The van der Waals surface area contributed by atoms with Crippen molar-refractivity contribution in [3.8, 4) is 0 Å². The van der Waals surface area contributed by atoms with Gasteiger partial charge in [-0.1, -0.05) is 11.6 Å². The van der Waals surface area contributed by atoms with Gasteiger partial charge in [0.1, 0.15) is 0 Å².